The molecule has 6 heteroatoms. The molecule has 1 heterocycles. The van der Waals surface area contributed by atoms with E-state index in [1.54, 1.807) is 0 Å². The Hall–Kier alpha value is -1.14. The van der Waals surface area contributed by atoms with Crippen LogP contribution in [0, 0.1) is 5.82 Å². The summed E-state index contributed by atoms with van der Waals surface area (Å²) < 4.78 is 13.5. The molecule has 1 aromatic carbocycles. The van der Waals surface area contributed by atoms with Crippen LogP contribution in [0.4, 0.5) is 10.1 Å². The van der Waals surface area contributed by atoms with E-state index in [1.165, 1.54) is 17.2 Å². The molecule has 0 saturated carbocycles. The van der Waals surface area contributed by atoms with Gasteiger partial charge in [-0.15, -0.1) is 0 Å². The van der Waals surface area contributed by atoms with E-state index in [-0.39, 0.29) is 11.6 Å². The summed E-state index contributed by atoms with van der Waals surface area (Å²) in [5, 5.41) is 1.26. The minimum atomic E-state index is -0.550. The standard InChI is InChI=1S/C10H10BrFN2O2/c11-7-5-8(12)9(13)4-6(7)10(15)14-2-1-3-16-14/h4-5H,1-3,13H2. The summed E-state index contributed by atoms with van der Waals surface area (Å²) in [6, 6.07) is 2.49. The predicted octanol–water partition coefficient (Wildman–Crippen LogP) is 1.95. The second-order valence-corrected chi connectivity index (χ2v) is 4.30. The van der Waals surface area contributed by atoms with Gasteiger partial charge in [-0.25, -0.2) is 9.45 Å². The first-order chi connectivity index (χ1) is 7.59. The van der Waals surface area contributed by atoms with Crippen molar-refractivity contribution < 1.29 is 14.0 Å². The lowest BCUT2D eigenvalue weighted by molar-refractivity contribution is -0.0768. The van der Waals surface area contributed by atoms with E-state index in [1.807, 2.05) is 0 Å². The summed E-state index contributed by atoms with van der Waals surface area (Å²) in [5.41, 5.74) is 5.67. The molecule has 0 spiro atoms. The van der Waals surface area contributed by atoms with Crippen molar-refractivity contribution in [3.63, 3.8) is 0 Å². The number of amides is 1. The molecule has 1 amide bonds. The van der Waals surface area contributed by atoms with Crippen LogP contribution in [-0.4, -0.2) is 24.1 Å². The van der Waals surface area contributed by atoms with Crippen molar-refractivity contribution in [1.29, 1.82) is 0 Å². The van der Waals surface area contributed by atoms with Gasteiger partial charge in [0.1, 0.15) is 5.82 Å². The number of rotatable bonds is 1. The molecule has 4 nitrogen and oxygen atoms in total. The van der Waals surface area contributed by atoms with Gasteiger partial charge >= 0.3 is 0 Å². The summed E-state index contributed by atoms with van der Waals surface area (Å²) in [6.45, 7) is 1.07. The third-order valence-corrected chi connectivity index (χ3v) is 2.95. The average molecular weight is 289 g/mol. The highest BCUT2D eigenvalue weighted by Crippen LogP contribution is 2.25. The smallest absolute Gasteiger partial charge is 0.278 e. The van der Waals surface area contributed by atoms with Crippen molar-refractivity contribution in [1.82, 2.24) is 5.06 Å². The highest BCUT2D eigenvalue weighted by Gasteiger charge is 2.23. The fourth-order valence-corrected chi connectivity index (χ4v) is 1.96. The number of carbonyl (C=O) groups is 1. The molecule has 0 aliphatic carbocycles. The number of nitrogens with zero attached hydrogens (tertiary/aromatic N) is 1. The van der Waals surface area contributed by atoms with Gasteiger partial charge in [0.25, 0.3) is 5.91 Å². The lowest BCUT2D eigenvalue weighted by Crippen LogP contribution is -2.27. The van der Waals surface area contributed by atoms with Crippen LogP contribution in [0.1, 0.15) is 16.8 Å². The molecule has 1 aliphatic heterocycles. The second kappa shape index (κ2) is 4.39. The molecule has 1 saturated heterocycles. The number of halogens is 2. The SMILES string of the molecule is Nc1cc(C(=O)N2CCCO2)c(Br)cc1F. The average Bonchev–Trinajstić information content (AvgIpc) is 2.75. The molecule has 1 aliphatic rings. The van der Waals surface area contributed by atoms with Crippen LogP contribution in [0.15, 0.2) is 16.6 Å². The maximum atomic E-state index is 13.1. The first-order valence-corrected chi connectivity index (χ1v) is 5.58. The number of hydroxylamine groups is 2. The monoisotopic (exact) mass is 288 g/mol. The van der Waals surface area contributed by atoms with E-state index in [9.17, 15) is 9.18 Å². The molecule has 1 aromatic rings. The van der Waals surface area contributed by atoms with Crippen LogP contribution in [0.2, 0.25) is 0 Å². The maximum absolute atomic E-state index is 13.1. The Morgan fingerprint density at radius 1 is 1.56 bits per heavy atom. The van der Waals surface area contributed by atoms with E-state index in [2.05, 4.69) is 15.9 Å². The van der Waals surface area contributed by atoms with Gasteiger partial charge in [0.15, 0.2) is 0 Å². The van der Waals surface area contributed by atoms with Crippen molar-refractivity contribution in [3.8, 4) is 0 Å². The molecular formula is C10H10BrFN2O2. The number of anilines is 1. The van der Waals surface area contributed by atoms with E-state index in [0.29, 0.717) is 23.2 Å². The van der Waals surface area contributed by atoms with Crippen LogP contribution in [0.3, 0.4) is 0 Å². The van der Waals surface area contributed by atoms with Crippen LogP contribution in [-0.2, 0) is 4.84 Å². The summed E-state index contributed by atoms with van der Waals surface area (Å²) in [4.78, 5) is 17.0. The molecule has 0 bridgehead atoms. The molecule has 0 unspecified atom stereocenters. The zero-order valence-corrected chi connectivity index (χ0v) is 9.96. The van der Waals surface area contributed by atoms with Crippen molar-refractivity contribution in [3.05, 3.63) is 28.0 Å². The zero-order valence-electron chi connectivity index (χ0n) is 8.37. The molecule has 1 fully saturated rings. The summed E-state index contributed by atoms with van der Waals surface area (Å²) in [6.07, 6.45) is 0.806. The molecule has 2 N–H and O–H groups in total. The van der Waals surface area contributed by atoms with Crippen molar-refractivity contribution >= 4 is 27.5 Å². The van der Waals surface area contributed by atoms with Gasteiger partial charge < -0.3 is 5.73 Å². The minimum Gasteiger partial charge on any atom is -0.396 e. The topological polar surface area (TPSA) is 55.6 Å². The molecule has 0 radical (unpaired) electrons. The zero-order chi connectivity index (χ0) is 11.7. The number of carbonyl (C=O) groups excluding carboxylic acids is 1. The Balaban J connectivity index is 2.32. The maximum Gasteiger partial charge on any atom is 0.278 e. The highest BCUT2D eigenvalue weighted by atomic mass is 79.9. The minimum absolute atomic E-state index is 0.0502. The molecule has 0 aromatic heterocycles. The number of hydrogen-bond donors (Lipinski definition) is 1. The van der Waals surface area contributed by atoms with E-state index in [0.717, 1.165) is 6.42 Å². The van der Waals surface area contributed by atoms with Crippen molar-refractivity contribution in [2.24, 2.45) is 0 Å². The van der Waals surface area contributed by atoms with Gasteiger partial charge in [0.2, 0.25) is 0 Å². The molecule has 86 valence electrons. The third kappa shape index (κ3) is 2.03. The Morgan fingerprint density at radius 2 is 2.31 bits per heavy atom. The molecule has 0 atom stereocenters. The summed E-state index contributed by atoms with van der Waals surface area (Å²) in [5.74, 6) is -0.859. The van der Waals surface area contributed by atoms with Crippen LogP contribution in [0.25, 0.3) is 0 Å². The van der Waals surface area contributed by atoms with Gasteiger partial charge in [0.05, 0.1) is 24.4 Å². The van der Waals surface area contributed by atoms with Gasteiger partial charge in [-0.05, 0) is 34.5 Å². The molecule has 2 rings (SSSR count). The summed E-state index contributed by atoms with van der Waals surface area (Å²) >= 11 is 3.13. The first kappa shape index (κ1) is 11.3. The van der Waals surface area contributed by atoms with Crippen molar-refractivity contribution in [2.45, 2.75) is 6.42 Å². The van der Waals surface area contributed by atoms with Gasteiger partial charge in [0, 0.05) is 4.47 Å². The number of nitrogen functional groups attached to an aromatic ring is 1. The van der Waals surface area contributed by atoms with Crippen LogP contribution < -0.4 is 5.73 Å². The fraction of sp³-hybridized carbons (Fsp3) is 0.300. The fourth-order valence-electron chi connectivity index (χ4n) is 1.47. The van der Waals surface area contributed by atoms with E-state index in [4.69, 9.17) is 10.6 Å². The van der Waals surface area contributed by atoms with Crippen LogP contribution >= 0.6 is 15.9 Å². The third-order valence-electron chi connectivity index (χ3n) is 2.30. The van der Waals surface area contributed by atoms with E-state index < -0.39 is 5.82 Å². The number of nitrogens with two attached hydrogens (primary N) is 1. The largest absolute Gasteiger partial charge is 0.396 e. The quantitative estimate of drug-likeness (QED) is 0.804. The Labute approximate surface area is 100 Å². The molecular weight excluding hydrogens is 279 g/mol. The van der Waals surface area contributed by atoms with Gasteiger partial charge in [-0.3, -0.25) is 9.63 Å². The van der Waals surface area contributed by atoms with Crippen molar-refractivity contribution in [2.75, 3.05) is 18.9 Å². The first-order valence-electron chi connectivity index (χ1n) is 4.79. The Morgan fingerprint density at radius 3 is 2.94 bits per heavy atom. The van der Waals surface area contributed by atoms with Gasteiger partial charge in [-0.1, -0.05) is 0 Å². The number of hydrogen-bond acceptors (Lipinski definition) is 3. The number of benzene rings is 1. The lowest BCUT2D eigenvalue weighted by atomic mass is 10.2. The predicted molar refractivity (Wildman–Crippen MR) is 60.1 cm³/mol. The van der Waals surface area contributed by atoms with Gasteiger partial charge in [-0.2, -0.15) is 0 Å². The Bertz CT molecular complexity index is 433. The normalized spacial score (nSPS) is 15.5. The molecule has 16 heavy (non-hydrogen) atoms. The van der Waals surface area contributed by atoms with Crippen LogP contribution in [0.5, 0.6) is 0 Å². The second-order valence-electron chi connectivity index (χ2n) is 3.45. The van der Waals surface area contributed by atoms with E-state index >= 15 is 0 Å². The lowest BCUT2D eigenvalue weighted by Gasteiger charge is -2.15. The Kier molecular flexibility index (Phi) is 3.11. The highest BCUT2D eigenvalue weighted by molar-refractivity contribution is 9.10. The summed E-state index contributed by atoms with van der Waals surface area (Å²) in [7, 11) is 0.